The molecule has 0 unspecified atom stereocenters. The van der Waals surface area contributed by atoms with Crippen molar-refractivity contribution in [2.45, 2.75) is 6.54 Å². The maximum Gasteiger partial charge on any atom is 0.226 e. The second kappa shape index (κ2) is 5.03. The van der Waals surface area contributed by atoms with Crippen LogP contribution in [0.3, 0.4) is 0 Å². The van der Waals surface area contributed by atoms with Crippen LogP contribution in [0.1, 0.15) is 5.56 Å². The highest BCUT2D eigenvalue weighted by Crippen LogP contribution is 2.18. The van der Waals surface area contributed by atoms with Gasteiger partial charge in [0.05, 0.1) is 12.2 Å². The van der Waals surface area contributed by atoms with Gasteiger partial charge in [-0.2, -0.15) is 0 Å². The fourth-order valence-corrected chi connectivity index (χ4v) is 2.61. The van der Waals surface area contributed by atoms with E-state index in [0.717, 1.165) is 11.8 Å². The van der Waals surface area contributed by atoms with Crippen LogP contribution in [0.2, 0.25) is 0 Å². The molecule has 1 aromatic heterocycles. The van der Waals surface area contributed by atoms with E-state index in [1.807, 2.05) is 12.1 Å². The molecule has 0 bridgehead atoms. The van der Waals surface area contributed by atoms with Gasteiger partial charge < -0.3 is 5.32 Å². The van der Waals surface area contributed by atoms with Gasteiger partial charge in [0.2, 0.25) is 15.9 Å². The highest BCUT2D eigenvalue weighted by Gasteiger charge is 2.37. The van der Waals surface area contributed by atoms with Gasteiger partial charge in [0, 0.05) is 32.0 Å². The Kier molecular flexibility index (Phi) is 3.63. The van der Waals surface area contributed by atoms with Crippen molar-refractivity contribution in [3.63, 3.8) is 0 Å². The zero-order chi connectivity index (χ0) is 13.2. The summed E-state index contributed by atoms with van der Waals surface area (Å²) in [5, 5.41) is 2.78. The average molecular weight is 269 g/mol. The zero-order valence-electron chi connectivity index (χ0n) is 10.0. The predicted molar refractivity (Wildman–Crippen MR) is 66.0 cm³/mol. The molecule has 18 heavy (non-hydrogen) atoms. The third-order valence-electron chi connectivity index (χ3n) is 2.90. The molecule has 0 radical (unpaired) electrons. The molecule has 1 aromatic rings. The van der Waals surface area contributed by atoms with Crippen molar-refractivity contribution in [1.82, 2.24) is 14.6 Å². The van der Waals surface area contributed by atoms with Gasteiger partial charge in [-0.1, -0.05) is 0 Å². The summed E-state index contributed by atoms with van der Waals surface area (Å²) in [6.45, 7) is 0.999. The first-order valence-electron chi connectivity index (χ1n) is 5.58. The summed E-state index contributed by atoms with van der Waals surface area (Å²) < 4.78 is 23.6. The maximum atomic E-state index is 11.7. The first kappa shape index (κ1) is 13.0. The molecular weight excluding hydrogens is 254 g/mol. The average Bonchev–Trinajstić information content (AvgIpc) is 2.24. The van der Waals surface area contributed by atoms with Crippen LogP contribution in [0, 0.1) is 5.92 Å². The van der Waals surface area contributed by atoms with E-state index in [0.29, 0.717) is 6.54 Å². The smallest absolute Gasteiger partial charge is 0.226 e. The molecule has 2 rings (SSSR count). The lowest BCUT2D eigenvalue weighted by molar-refractivity contribution is -0.128. The molecule has 1 aliphatic rings. The zero-order valence-corrected chi connectivity index (χ0v) is 10.9. The van der Waals surface area contributed by atoms with E-state index >= 15 is 0 Å². The molecule has 1 N–H and O–H groups in total. The van der Waals surface area contributed by atoms with E-state index in [2.05, 4.69) is 10.3 Å². The molecule has 1 saturated heterocycles. The van der Waals surface area contributed by atoms with Crippen LogP contribution in [-0.2, 0) is 21.4 Å². The van der Waals surface area contributed by atoms with Gasteiger partial charge in [0.25, 0.3) is 0 Å². The number of sulfonamides is 1. The van der Waals surface area contributed by atoms with Crippen molar-refractivity contribution in [3.05, 3.63) is 30.1 Å². The number of pyridine rings is 1. The number of hydrogen-bond acceptors (Lipinski definition) is 4. The van der Waals surface area contributed by atoms with Crippen molar-refractivity contribution in [2.75, 3.05) is 19.3 Å². The summed E-state index contributed by atoms with van der Waals surface area (Å²) in [5.41, 5.74) is 0.970. The minimum Gasteiger partial charge on any atom is -0.352 e. The number of amides is 1. The molecule has 1 amide bonds. The third-order valence-corrected chi connectivity index (χ3v) is 4.14. The number of nitrogens with zero attached hydrogens (tertiary/aromatic N) is 2. The van der Waals surface area contributed by atoms with Crippen LogP contribution in [0.15, 0.2) is 24.5 Å². The summed E-state index contributed by atoms with van der Waals surface area (Å²) in [5.74, 6) is -0.340. The van der Waals surface area contributed by atoms with Gasteiger partial charge in [-0.3, -0.25) is 9.78 Å². The summed E-state index contributed by atoms with van der Waals surface area (Å²) >= 11 is 0. The molecule has 2 heterocycles. The van der Waals surface area contributed by atoms with Gasteiger partial charge >= 0.3 is 0 Å². The van der Waals surface area contributed by atoms with E-state index in [1.165, 1.54) is 4.31 Å². The first-order valence-corrected chi connectivity index (χ1v) is 7.43. The number of carbonyl (C=O) groups is 1. The minimum atomic E-state index is -3.15. The molecule has 0 aliphatic carbocycles. The SMILES string of the molecule is CS(=O)(=O)N1CC(C(=O)NCc2ccncc2)C1. The van der Waals surface area contributed by atoms with Crippen molar-refractivity contribution < 1.29 is 13.2 Å². The lowest BCUT2D eigenvalue weighted by Crippen LogP contribution is -2.55. The Balaban J connectivity index is 1.78. The molecule has 1 aliphatic heterocycles. The van der Waals surface area contributed by atoms with E-state index in [4.69, 9.17) is 0 Å². The van der Waals surface area contributed by atoms with Crippen molar-refractivity contribution in [3.8, 4) is 0 Å². The molecule has 7 heteroatoms. The topological polar surface area (TPSA) is 79.4 Å². The summed E-state index contributed by atoms with van der Waals surface area (Å²) in [6, 6.07) is 3.65. The summed E-state index contributed by atoms with van der Waals surface area (Å²) in [6.07, 6.45) is 4.48. The largest absolute Gasteiger partial charge is 0.352 e. The van der Waals surface area contributed by atoms with Gasteiger partial charge in [0.15, 0.2) is 0 Å². The van der Waals surface area contributed by atoms with Crippen molar-refractivity contribution >= 4 is 15.9 Å². The van der Waals surface area contributed by atoms with Crippen molar-refractivity contribution in [1.29, 1.82) is 0 Å². The third kappa shape index (κ3) is 3.05. The lowest BCUT2D eigenvalue weighted by Gasteiger charge is -2.35. The van der Waals surface area contributed by atoms with Crippen LogP contribution < -0.4 is 5.32 Å². The first-order chi connectivity index (χ1) is 8.47. The van der Waals surface area contributed by atoms with Gasteiger partial charge in [-0.15, -0.1) is 0 Å². The number of rotatable bonds is 4. The Hall–Kier alpha value is -1.47. The second-order valence-corrected chi connectivity index (χ2v) is 6.33. The van der Waals surface area contributed by atoms with E-state index in [-0.39, 0.29) is 24.9 Å². The monoisotopic (exact) mass is 269 g/mol. The fraction of sp³-hybridized carbons (Fsp3) is 0.455. The highest BCUT2D eigenvalue weighted by molar-refractivity contribution is 7.88. The van der Waals surface area contributed by atoms with Gasteiger partial charge in [-0.25, -0.2) is 12.7 Å². The van der Waals surface area contributed by atoms with Gasteiger partial charge in [0.1, 0.15) is 0 Å². The molecule has 0 atom stereocenters. The quantitative estimate of drug-likeness (QED) is 0.806. The number of carbonyl (C=O) groups excluding carboxylic acids is 1. The molecular formula is C11H15N3O3S. The Morgan fingerprint density at radius 1 is 1.44 bits per heavy atom. The van der Waals surface area contributed by atoms with Crippen LogP contribution in [0.25, 0.3) is 0 Å². The van der Waals surface area contributed by atoms with Crippen LogP contribution in [-0.4, -0.2) is 43.0 Å². The number of hydrogen-bond donors (Lipinski definition) is 1. The second-order valence-electron chi connectivity index (χ2n) is 4.35. The lowest BCUT2D eigenvalue weighted by atomic mass is 10.0. The summed E-state index contributed by atoms with van der Waals surface area (Å²) in [7, 11) is -3.15. The highest BCUT2D eigenvalue weighted by atomic mass is 32.2. The van der Waals surface area contributed by atoms with Crippen LogP contribution >= 0.6 is 0 Å². The van der Waals surface area contributed by atoms with E-state index < -0.39 is 10.0 Å². The predicted octanol–water partition coefficient (Wildman–Crippen LogP) is -0.411. The molecule has 98 valence electrons. The Labute approximate surface area is 106 Å². The molecule has 0 aromatic carbocycles. The molecule has 0 saturated carbocycles. The molecule has 0 spiro atoms. The van der Waals surface area contributed by atoms with Crippen LogP contribution in [0.5, 0.6) is 0 Å². The van der Waals surface area contributed by atoms with Gasteiger partial charge in [-0.05, 0) is 17.7 Å². The fourth-order valence-electron chi connectivity index (χ4n) is 1.71. The van der Waals surface area contributed by atoms with E-state index in [9.17, 15) is 13.2 Å². The minimum absolute atomic E-state index is 0.105. The summed E-state index contributed by atoms with van der Waals surface area (Å²) in [4.78, 5) is 15.6. The number of nitrogens with one attached hydrogen (secondary N) is 1. The molecule has 1 fully saturated rings. The molecule has 6 nitrogen and oxygen atoms in total. The Morgan fingerprint density at radius 3 is 2.61 bits per heavy atom. The van der Waals surface area contributed by atoms with Crippen LogP contribution in [0.4, 0.5) is 0 Å². The number of aromatic nitrogens is 1. The van der Waals surface area contributed by atoms with E-state index in [1.54, 1.807) is 12.4 Å². The Morgan fingerprint density at radius 2 is 2.06 bits per heavy atom. The van der Waals surface area contributed by atoms with Crippen molar-refractivity contribution in [2.24, 2.45) is 5.92 Å². The Bertz CT molecular complexity index is 524. The maximum absolute atomic E-state index is 11.7. The normalized spacial score (nSPS) is 17.2. The standard InChI is InChI=1S/C11H15N3O3S/c1-18(16,17)14-7-10(8-14)11(15)13-6-9-2-4-12-5-3-9/h2-5,10H,6-8H2,1H3,(H,13,15).